The van der Waals surface area contributed by atoms with Crippen molar-refractivity contribution >= 4 is 11.9 Å². The quantitative estimate of drug-likeness (QED) is 0.0347. The number of carbonyl (C=O) groups is 2. The highest BCUT2D eigenvalue weighted by atomic mass is 16.6. The minimum atomic E-state index is -0.567. The van der Waals surface area contributed by atoms with Gasteiger partial charge in [-0.15, -0.1) is 0 Å². The Morgan fingerprint density at radius 3 is 1.23 bits per heavy atom. The molecule has 0 aromatic carbocycles. The molecule has 0 aromatic heterocycles. The zero-order valence-electron chi connectivity index (χ0n) is 40.0. The van der Waals surface area contributed by atoms with E-state index >= 15 is 0 Å². The third-order valence-electron chi connectivity index (χ3n) is 11.0. The topological polar surface area (TPSA) is 61.8 Å². The van der Waals surface area contributed by atoms with Crippen molar-refractivity contribution in [3.8, 4) is 0 Å². The van der Waals surface area contributed by atoms with Crippen molar-refractivity contribution in [1.82, 2.24) is 0 Å². The Morgan fingerprint density at radius 2 is 0.750 bits per heavy atom. The molecule has 60 heavy (non-hydrogen) atoms. The second-order valence-electron chi connectivity index (χ2n) is 17.0. The lowest BCUT2D eigenvalue weighted by molar-refractivity contribution is -0.163. The van der Waals surface area contributed by atoms with Crippen LogP contribution >= 0.6 is 0 Å². The van der Waals surface area contributed by atoms with Crippen molar-refractivity contribution in [3.05, 3.63) is 60.8 Å². The minimum absolute atomic E-state index is 0.0620. The van der Waals surface area contributed by atoms with E-state index in [0.717, 1.165) is 77.0 Å². The predicted molar refractivity (Wildman–Crippen MR) is 261 cm³/mol. The fourth-order valence-corrected chi connectivity index (χ4v) is 7.22. The molecule has 0 radical (unpaired) electrons. The summed E-state index contributed by atoms with van der Waals surface area (Å²) < 4.78 is 17.3. The summed E-state index contributed by atoms with van der Waals surface area (Å²) in [6, 6.07) is 0. The van der Waals surface area contributed by atoms with Gasteiger partial charge in [-0.25, -0.2) is 0 Å². The summed E-state index contributed by atoms with van der Waals surface area (Å²) in [4.78, 5) is 25.4. The Kier molecular flexibility index (Phi) is 48.9. The van der Waals surface area contributed by atoms with Gasteiger partial charge < -0.3 is 14.2 Å². The van der Waals surface area contributed by atoms with Gasteiger partial charge >= 0.3 is 11.9 Å². The highest BCUT2D eigenvalue weighted by Crippen LogP contribution is 2.15. The molecule has 0 heterocycles. The fraction of sp³-hybridized carbons (Fsp3) is 0.782. The summed E-state index contributed by atoms with van der Waals surface area (Å²) in [6.45, 7) is 7.58. The maximum absolute atomic E-state index is 12.8. The predicted octanol–water partition coefficient (Wildman–Crippen LogP) is 17.3. The fourth-order valence-electron chi connectivity index (χ4n) is 7.22. The first-order chi connectivity index (χ1) is 29.6. The van der Waals surface area contributed by atoms with Crippen LogP contribution in [0.4, 0.5) is 0 Å². The zero-order chi connectivity index (χ0) is 43.5. The van der Waals surface area contributed by atoms with E-state index < -0.39 is 6.10 Å². The molecule has 0 aliphatic carbocycles. The van der Waals surface area contributed by atoms with E-state index in [1.165, 1.54) is 141 Å². The Morgan fingerprint density at radius 1 is 0.383 bits per heavy atom. The standard InChI is InChI=1S/C55H98O5/c1-4-7-10-13-16-19-22-25-27-28-29-31-33-36-39-42-45-48-54(56)59-52-53(51-58-50-47-44-41-38-35-32-26-23-20-17-14-11-8-5-2)60-55(57)49-46-43-40-37-34-30-24-21-18-15-12-9-6-3/h8,11,17,20-21,24,26,32,38,41,53H,4-7,9-10,12-16,18-19,22-23,25,27-31,33-37,39-40,42-52H2,1-3H3/b11-8-,20-17-,24-21-,32-26-,41-38-. The van der Waals surface area contributed by atoms with Gasteiger partial charge in [-0.05, 0) is 77.0 Å². The van der Waals surface area contributed by atoms with Gasteiger partial charge in [0.15, 0.2) is 6.10 Å². The number of unbranched alkanes of at least 4 members (excludes halogenated alkanes) is 26. The molecule has 1 atom stereocenters. The summed E-state index contributed by atoms with van der Waals surface area (Å²) in [7, 11) is 0. The minimum Gasteiger partial charge on any atom is -0.462 e. The third kappa shape index (κ3) is 48.3. The maximum atomic E-state index is 12.8. The van der Waals surface area contributed by atoms with E-state index in [1.807, 2.05) is 0 Å². The molecule has 0 bridgehead atoms. The molecule has 0 aliphatic heterocycles. The summed E-state index contributed by atoms with van der Waals surface area (Å²) in [5.74, 6) is -0.429. The van der Waals surface area contributed by atoms with Crippen LogP contribution in [0.2, 0.25) is 0 Å². The van der Waals surface area contributed by atoms with Crippen LogP contribution in [0, 0.1) is 0 Å². The second kappa shape index (κ2) is 51.0. The Bertz CT molecular complexity index is 1040. The van der Waals surface area contributed by atoms with Crippen LogP contribution in [0.1, 0.15) is 252 Å². The van der Waals surface area contributed by atoms with E-state index in [4.69, 9.17) is 14.2 Å². The van der Waals surface area contributed by atoms with Crippen molar-refractivity contribution in [1.29, 1.82) is 0 Å². The van der Waals surface area contributed by atoms with Crippen LogP contribution in [0.25, 0.3) is 0 Å². The van der Waals surface area contributed by atoms with Crippen LogP contribution in [-0.4, -0.2) is 37.9 Å². The van der Waals surface area contributed by atoms with Gasteiger partial charge in [0.25, 0.3) is 0 Å². The van der Waals surface area contributed by atoms with Crippen LogP contribution < -0.4 is 0 Å². The molecule has 5 heteroatoms. The maximum Gasteiger partial charge on any atom is 0.306 e. The lowest BCUT2D eigenvalue weighted by atomic mass is 10.0. The molecule has 5 nitrogen and oxygen atoms in total. The van der Waals surface area contributed by atoms with Gasteiger partial charge in [-0.2, -0.15) is 0 Å². The van der Waals surface area contributed by atoms with Gasteiger partial charge in [-0.3, -0.25) is 9.59 Å². The number of allylic oxidation sites excluding steroid dienone is 10. The normalized spacial score (nSPS) is 12.7. The zero-order valence-corrected chi connectivity index (χ0v) is 40.0. The summed E-state index contributed by atoms with van der Waals surface area (Å²) in [5.41, 5.74) is 0. The lowest BCUT2D eigenvalue weighted by Crippen LogP contribution is -2.30. The smallest absolute Gasteiger partial charge is 0.306 e. The summed E-state index contributed by atoms with van der Waals surface area (Å²) in [5, 5.41) is 0. The highest BCUT2D eigenvalue weighted by Gasteiger charge is 2.17. The summed E-state index contributed by atoms with van der Waals surface area (Å²) >= 11 is 0. The molecule has 0 amide bonds. The molecule has 0 aliphatic rings. The number of hydrogen-bond acceptors (Lipinski definition) is 5. The van der Waals surface area contributed by atoms with Gasteiger partial charge in [0, 0.05) is 19.4 Å². The van der Waals surface area contributed by atoms with Crippen molar-refractivity contribution in [3.63, 3.8) is 0 Å². The number of esters is 2. The first-order valence-electron chi connectivity index (χ1n) is 25.8. The molecule has 0 rings (SSSR count). The van der Waals surface area contributed by atoms with Crippen molar-refractivity contribution in [2.45, 2.75) is 258 Å². The molecule has 1 unspecified atom stereocenters. The molecule has 0 saturated carbocycles. The van der Waals surface area contributed by atoms with Crippen molar-refractivity contribution in [2.75, 3.05) is 19.8 Å². The van der Waals surface area contributed by atoms with Gasteiger partial charge in [0.1, 0.15) is 6.61 Å². The lowest BCUT2D eigenvalue weighted by Gasteiger charge is -2.18. The van der Waals surface area contributed by atoms with Crippen LogP contribution in [0.3, 0.4) is 0 Å². The number of carbonyl (C=O) groups excluding carboxylic acids is 2. The molecule has 348 valence electrons. The average molecular weight is 839 g/mol. The molecule has 0 aromatic rings. The number of ether oxygens (including phenoxy) is 3. The Labute approximate surface area is 373 Å². The van der Waals surface area contributed by atoms with Gasteiger partial charge in [0.2, 0.25) is 0 Å². The van der Waals surface area contributed by atoms with Crippen LogP contribution in [0.15, 0.2) is 60.8 Å². The molecular weight excluding hydrogens is 741 g/mol. The average Bonchev–Trinajstić information content (AvgIpc) is 3.25. The van der Waals surface area contributed by atoms with Gasteiger partial charge in [-0.1, -0.05) is 223 Å². The molecule has 0 saturated heterocycles. The summed E-state index contributed by atoms with van der Waals surface area (Å²) in [6.07, 6.45) is 63.8. The van der Waals surface area contributed by atoms with Gasteiger partial charge in [0.05, 0.1) is 6.61 Å². The molecular formula is C55H98O5. The molecule has 0 fully saturated rings. The van der Waals surface area contributed by atoms with E-state index in [9.17, 15) is 9.59 Å². The second-order valence-corrected chi connectivity index (χ2v) is 17.0. The molecule has 0 spiro atoms. The molecule has 0 N–H and O–H groups in total. The third-order valence-corrected chi connectivity index (χ3v) is 11.0. The monoisotopic (exact) mass is 839 g/mol. The van der Waals surface area contributed by atoms with Crippen molar-refractivity contribution in [2.24, 2.45) is 0 Å². The highest BCUT2D eigenvalue weighted by molar-refractivity contribution is 5.70. The first kappa shape index (κ1) is 57.6. The van der Waals surface area contributed by atoms with Crippen LogP contribution in [-0.2, 0) is 23.8 Å². The van der Waals surface area contributed by atoms with E-state index in [1.54, 1.807) is 0 Å². The van der Waals surface area contributed by atoms with E-state index in [-0.39, 0.29) is 25.2 Å². The Hall–Kier alpha value is -2.40. The van der Waals surface area contributed by atoms with E-state index in [0.29, 0.717) is 19.4 Å². The number of hydrogen-bond donors (Lipinski definition) is 0. The number of rotatable bonds is 47. The van der Waals surface area contributed by atoms with Crippen molar-refractivity contribution < 1.29 is 23.8 Å². The SMILES string of the molecule is CC/C=C\C/C=C\C/C=C\C/C=C\CCCOCC(COC(=O)CCCCCCCCCCCCCCCCCCC)OC(=O)CCCCCCC/C=C\CCCCCC. The largest absolute Gasteiger partial charge is 0.462 e. The first-order valence-corrected chi connectivity index (χ1v) is 25.8. The van der Waals surface area contributed by atoms with Crippen LogP contribution in [0.5, 0.6) is 0 Å². The Balaban J connectivity index is 4.30. The van der Waals surface area contributed by atoms with E-state index in [2.05, 4.69) is 81.5 Å².